The minimum atomic E-state index is -0.428. The lowest BCUT2D eigenvalue weighted by Gasteiger charge is -2.16. The van der Waals surface area contributed by atoms with Crippen LogP contribution in [0.15, 0.2) is 22.8 Å². The van der Waals surface area contributed by atoms with E-state index in [1.807, 2.05) is 12.1 Å². The molecule has 1 aliphatic rings. The third-order valence-corrected chi connectivity index (χ3v) is 3.15. The van der Waals surface area contributed by atoms with Gasteiger partial charge < -0.3 is 19.6 Å². The van der Waals surface area contributed by atoms with Crippen LogP contribution in [0.4, 0.5) is 0 Å². The van der Waals surface area contributed by atoms with E-state index in [4.69, 9.17) is 9.15 Å². The number of aliphatic hydroxyl groups excluding tert-OH is 1. The maximum Gasteiger partial charge on any atom is 0.105 e. The zero-order chi connectivity index (χ0) is 12.8. The number of nitrogens with one attached hydrogen (secondary N) is 1. The van der Waals surface area contributed by atoms with Gasteiger partial charge in [0.05, 0.1) is 19.0 Å². The minimum absolute atomic E-state index is 0.286. The quantitative estimate of drug-likeness (QED) is 0.701. The first-order chi connectivity index (χ1) is 8.74. The molecular weight excluding hydrogens is 230 g/mol. The van der Waals surface area contributed by atoms with Gasteiger partial charge in [0.15, 0.2) is 0 Å². The molecule has 4 nitrogen and oxygen atoms in total. The molecule has 0 aliphatic heterocycles. The first kappa shape index (κ1) is 13.6. The van der Waals surface area contributed by atoms with Gasteiger partial charge in [-0.1, -0.05) is 0 Å². The molecule has 1 aromatic rings. The van der Waals surface area contributed by atoms with Crippen molar-refractivity contribution >= 4 is 0 Å². The fourth-order valence-corrected chi connectivity index (χ4v) is 1.85. The van der Waals surface area contributed by atoms with Crippen LogP contribution in [0.3, 0.4) is 0 Å². The summed E-state index contributed by atoms with van der Waals surface area (Å²) in [5, 5.41) is 13.0. The highest BCUT2D eigenvalue weighted by molar-refractivity contribution is 4.99. The zero-order valence-corrected chi connectivity index (χ0v) is 11.0. The van der Waals surface area contributed by atoms with E-state index in [9.17, 15) is 5.11 Å². The van der Waals surface area contributed by atoms with E-state index in [-0.39, 0.29) is 6.04 Å². The Balaban J connectivity index is 1.52. The second kappa shape index (κ2) is 6.92. The molecule has 2 unspecified atom stereocenters. The van der Waals surface area contributed by atoms with Gasteiger partial charge in [-0.3, -0.25) is 0 Å². The summed E-state index contributed by atoms with van der Waals surface area (Å²) >= 11 is 0. The van der Waals surface area contributed by atoms with Gasteiger partial charge in [0.25, 0.3) is 0 Å². The summed E-state index contributed by atoms with van der Waals surface area (Å²) in [5.41, 5.74) is 0. The maximum absolute atomic E-state index is 9.75. The standard InChI is InChI=1S/C14H23NO3/c1-11(7-14-3-2-6-18-14)15-8-13(16)10-17-9-12-4-5-12/h2-3,6,11-13,15-16H,4-5,7-10H2,1H3. The number of rotatable bonds is 9. The van der Waals surface area contributed by atoms with Crippen molar-refractivity contribution in [3.05, 3.63) is 24.2 Å². The highest BCUT2D eigenvalue weighted by Gasteiger charge is 2.21. The van der Waals surface area contributed by atoms with Gasteiger partial charge in [-0.2, -0.15) is 0 Å². The predicted molar refractivity (Wildman–Crippen MR) is 69.4 cm³/mol. The predicted octanol–water partition coefficient (Wildman–Crippen LogP) is 1.59. The van der Waals surface area contributed by atoms with Crippen molar-refractivity contribution in [2.24, 2.45) is 5.92 Å². The van der Waals surface area contributed by atoms with Crippen LogP contribution in [-0.2, 0) is 11.2 Å². The Morgan fingerprint density at radius 3 is 3.06 bits per heavy atom. The van der Waals surface area contributed by atoms with E-state index >= 15 is 0 Å². The van der Waals surface area contributed by atoms with Crippen LogP contribution in [0.1, 0.15) is 25.5 Å². The lowest BCUT2D eigenvalue weighted by Crippen LogP contribution is -2.37. The van der Waals surface area contributed by atoms with Gasteiger partial charge in [-0.05, 0) is 37.8 Å². The van der Waals surface area contributed by atoms with Crippen molar-refractivity contribution in [1.29, 1.82) is 0 Å². The van der Waals surface area contributed by atoms with Crippen molar-refractivity contribution in [3.63, 3.8) is 0 Å². The highest BCUT2D eigenvalue weighted by Crippen LogP contribution is 2.28. The molecule has 0 radical (unpaired) electrons. The second-order valence-corrected chi connectivity index (χ2v) is 5.23. The van der Waals surface area contributed by atoms with Crippen LogP contribution in [0.5, 0.6) is 0 Å². The van der Waals surface area contributed by atoms with Crippen molar-refractivity contribution in [1.82, 2.24) is 5.32 Å². The molecule has 1 aliphatic carbocycles. The lowest BCUT2D eigenvalue weighted by atomic mass is 10.2. The molecule has 0 aromatic carbocycles. The minimum Gasteiger partial charge on any atom is -0.469 e. The Kier molecular flexibility index (Phi) is 5.23. The summed E-state index contributed by atoms with van der Waals surface area (Å²) in [6.07, 6.45) is 4.66. The zero-order valence-electron chi connectivity index (χ0n) is 11.0. The SMILES string of the molecule is CC(Cc1ccco1)NCC(O)COCC1CC1. The van der Waals surface area contributed by atoms with Gasteiger partial charge in [0, 0.05) is 25.6 Å². The number of hydrogen-bond acceptors (Lipinski definition) is 4. The molecule has 0 amide bonds. The van der Waals surface area contributed by atoms with Gasteiger partial charge in [0.1, 0.15) is 5.76 Å². The van der Waals surface area contributed by atoms with Crippen LogP contribution in [0.2, 0.25) is 0 Å². The normalized spacial score (nSPS) is 18.8. The molecule has 1 heterocycles. The number of ether oxygens (including phenoxy) is 1. The first-order valence-electron chi connectivity index (χ1n) is 6.75. The van der Waals surface area contributed by atoms with E-state index in [0.29, 0.717) is 13.2 Å². The summed E-state index contributed by atoms with van der Waals surface area (Å²) in [7, 11) is 0. The molecule has 2 N–H and O–H groups in total. The van der Waals surface area contributed by atoms with Crippen LogP contribution < -0.4 is 5.32 Å². The van der Waals surface area contributed by atoms with Gasteiger partial charge in [0.2, 0.25) is 0 Å². The Bertz CT molecular complexity index is 322. The molecule has 0 bridgehead atoms. The Labute approximate surface area is 108 Å². The topological polar surface area (TPSA) is 54.6 Å². The highest BCUT2D eigenvalue weighted by atomic mass is 16.5. The number of hydrogen-bond donors (Lipinski definition) is 2. The fraction of sp³-hybridized carbons (Fsp3) is 0.714. The van der Waals surface area contributed by atoms with Gasteiger partial charge >= 0.3 is 0 Å². The van der Waals surface area contributed by atoms with Gasteiger partial charge in [-0.15, -0.1) is 0 Å². The van der Waals surface area contributed by atoms with E-state index in [0.717, 1.165) is 24.7 Å². The molecule has 1 fully saturated rings. The van der Waals surface area contributed by atoms with Crippen LogP contribution >= 0.6 is 0 Å². The van der Waals surface area contributed by atoms with Crippen molar-refractivity contribution in [2.45, 2.75) is 38.3 Å². The molecular formula is C14H23NO3. The molecule has 2 atom stereocenters. The molecule has 0 spiro atoms. The van der Waals surface area contributed by atoms with Crippen molar-refractivity contribution in [2.75, 3.05) is 19.8 Å². The maximum atomic E-state index is 9.75. The van der Waals surface area contributed by atoms with E-state index in [1.165, 1.54) is 12.8 Å². The molecule has 2 rings (SSSR count). The monoisotopic (exact) mass is 253 g/mol. The summed E-state index contributed by atoms with van der Waals surface area (Å²) < 4.78 is 10.7. The van der Waals surface area contributed by atoms with Crippen LogP contribution in [0.25, 0.3) is 0 Å². The Hall–Kier alpha value is -0.840. The number of aliphatic hydroxyl groups is 1. The second-order valence-electron chi connectivity index (χ2n) is 5.23. The molecule has 0 saturated heterocycles. The molecule has 102 valence electrons. The third-order valence-electron chi connectivity index (χ3n) is 3.15. The van der Waals surface area contributed by atoms with E-state index in [2.05, 4.69) is 12.2 Å². The smallest absolute Gasteiger partial charge is 0.105 e. The van der Waals surface area contributed by atoms with E-state index < -0.39 is 6.10 Å². The summed E-state index contributed by atoms with van der Waals surface area (Å²) in [6.45, 7) is 3.88. The lowest BCUT2D eigenvalue weighted by molar-refractivity contribution is 0.0314. The van der Waals surface area contributed by atoms with Crippen LogP contribution in [-0.4, -0.2) is 37.0 Å². The number of furan rings is 1. The van der Waals surface area contributed by atoms with Crippen LogP contribution in [0, 0.1) is 5.92 Å². The summed E-state index contributed by atoms with van der Waals surface area (Å²) in [4.78, 5) is 0. The molecule has 1 saturated carbocycles. The van der Waals surface area contributed by atoms with Gasteiger partial charge in [-0.25, -0.2) is 0 Å². The molecule has 4 heteroatoms. The van der Waals surface area contributed by atoms with Crippen molar-refractivity contribution < 1.29 is 14.3 Å². The Morgan fingerprint density at radius 1 is 1.56 bits per heavy atom. The Morgan fingerprint density at radius 2 is 2.39 bits per heavy atom. The first-order valence-corrected chi connectivity index (χ1v) is 6.75. The largest absolute Gasteiger partial charge is 0.469 e. The van der Waals surface area contributed by atoms with Crippen molar-refractivity contribution in [3.8, 4) is 0 Å². The molecule has 18 heavy (non-hydrogen) atoms. The average Bonchev–Trinajstić information content (AvgIpc) is 3.03. The fourth-order valence-electron chi connectivity index (χ4n) is 1.85. The third kappa shape index (κ3) is 5.21. The average molecular weight is 253 g/mol. The molecule has 1 aromatic heterocycles. The summed E-state index contributed by atoms with van der Waals surface area (Å²) in [5.74, 6) is 1.72. The summed E-state index contributed by atoms with van der Waals surface area (Å²) in [6, 6.07) is 4.14. The van der Waals surface area contributed by atoms with E-state index in [1.54, 1.807) is 6.26 Å².